The lowest BCUT2D eigenvalue weighted by Gasteiger charge is -2.11. The van der Waals surface area contributed by atoms with Crippen LogP contribution in [0.15, 0.2) is 48.5 Å². The first-order chi connectivity index (χ1) is 9.15. The number of rotatable bonds is 1. The van der Waals surface area contributed by atoms with Crippen LogP contribution < -0.4 is 5.32 Å². The van der Waals surface area contributed by atoms with Crippen LogP contribution in [0.5, 0.6) is 0 Å². The van der Waals surface area contributed by atoms with Crippen molar-refractivity contribution in [1.82, 2.24) is 0 Å². The highest BCUT2D eigenvalue weighted by atomic mass is 16.1. The maximum absolute atomic E-state index is 11.4. The van der Waals surface area contributed by atoms with Crippen molar-refractivity contribution in [2.75, 3.05) is 5.32 Å². The molecule has 0 saturated carbocycles. The van der Waals surface area contributed by atoms with E-state index < -0.39 is 0 Å². The van der Waals surface area contributed by atoms with Crippen LogP contribution in [-0.4, -0.2) is 5.91 Å². The van der Waals surface area contributed by atoms with E-state index in [1.165, 1.54) is 10.8 Å². The third-order valence-electron chi connectivity index (χ3n) is 3.40. The molecule has 19 heavy (non-hydrogen) atoms. The Labute approximate surface area is 112 Å². The van der Waals surface area contributed by atoms with Crippen molar-refractivity contribution in [2.45, 2.75) is 13.8 Å². The summed E-state index contributed by atoms with van der Waals surface area (Å²) in [5.74, 6) is -0.0382. The van der Waals surface area contributed by atoms with E-state index in [4.69, 9.17) is 0 Å². The third kappa shape index (κ3) is 2.06. The zero-order valence-electron chi connectivity index (χ0n) is 11.0. The summed E-state index contributed by atoms with van der Waals surface area (Å²) in [6.07, 6.45) is 0. The van der Waals surface area contributed by atoms with Crippen LogP contribution >= 0.6 is 0 Å². The Kier molecular flexibility index (Phi) is 2.71. The molecule has 0 radical (unpaired) electrons. The Morgan fingerprint density at radius 3 is 2.32 bits per heavy atom. The number of nitrogens with one attached hydrogen (secondary N) is 1. The first-order valence-corrected chi connectivity index (χ1v) is 6.35. The minimum atomic E-state index is -0.0382. The van der Waals surface area contributed by atoms with E-state index in [1.807, 2.05) is 25.1 Å². The number of benzene rings is 3. The van der Waals surface area contributed by atoms with E-state index in [2.05, 4.69) is 35.6 Å². The van der Waals surface area contributed by atoms with Gasteiger partial charge in [-0.05, 0) is 40.8 Å². The van der Waals surface area contributed by atoms with Gasteiger partial charge in [0.2, 0.25) is 5.91 Å². The maximum atomic E-state index is 11.4. The van der Waals surface area contributed by atoms with Gasteiger partial charge < -0.3 is 5.32 Å². The number of anilines is 1. The topological polar surface area (TPSA) is 29.1 Å². The van der Waals surface area contributed by atoms with E-state index in [1.54, 1.807) is 6.92 Å². The van der Waals surface area contributed by atoms with Gasteiger partial charge in [-0.3, -0.25) is 4.79 Å². The third-order valence-corrected chi connectivity index (χ3v) is 3.40. The highest BCUT2D eigenvalue weighted by molar-refractivity contribution is 6.08. The van der Waals surface area contributed by atoms with Gasteiger partial charge in [0.25, 0.3) is 0 Å². The normalized spacial score (nSPS) is 10.8. The molecule has 0 aliphatic heterocycles. The number of carbonyl (C=O) groups is 1. The van der Waals surface area contributed by atoms with Gasteiger partial charge in [-0.2, -0.15) is 0 Å². The molecule has 1 N–H and O–H groups in total. The van der Waals surface area contributed by atoms with Crippen LogP contribution in [-0.2, 0) is 4.79 Å². The van der Waals surface area contributed by atoms with Crippen LogP contribution in [0.25, 0.3) is 21.5 Å². The van der Waals surface area contributed by atoms with Gasteiger partial charge in [0.05, 0.1) is 5.69 Å². The summed E-state index contributed by atoms with van der Waals surface area (Å²) < 4.78 is 0. The van der Waals surface area contributed by atoms with Crippen molar-refractivity contribution in [3.05, 3.63) is 54.1 Å². The van der Waals surface area contributed by atoms with E-state index in [0.29, 0.717) is 0 Å². The van der Waals surface area contributed by atoms with Crippen LogP contribution in [0.3, 0.4) is 0 Å². The van der Waals surface area contributed by atoms with Gasteiger partial charge >= 0.3 is 0 Å². The fourth-order valence-corrected chi connectivity index (χ4v) is 2.46. The predicted octanol–water partition coefficient (Wildman–Crippen LogP) is 4.26. The van der Waals surface area contributed by atoms with Crippen molar-refractivity contribution in [3.8, 4) is 0 Å². The van der Waals surface area contributed by atoms with Gasteiger partial charge in [0, 0.05) is 12.3 Å². The SMILES string of the molecule is CC(=O)Nc1c(C)ccc2cc3ccccc3cc12. The monoisotopic (exact) mass is 249 g/mol. The molecule has 2 heteroatoms. The first-order valence-electron chi connectivity index (χ1n) is 6.35. The molecule has 3 aromatic rings. The molecule has 0 aliphatic rings. The molecule has 0 fully saturated rings. The number of amides is 1. The number of fused-ring (bicyclic) bond motifs is 2. The van der Waals surface area contributed by atoms with Crippen LogP contribution in [0.1, 0.15) is 12.5 Å². The van der Waals surface area contributed by atoms with Gasteiger partial charge in [-0.25, -0.2) is 0 Å². The molecule has 0 aromatic heterocycles. The molecule has 94 valence electrons. The lowest BCUT2D eigenvalue weighted by Crippen LogP contribution is -2.07. The molecule has 0 atom stereocenters. The van der Waals surface area contributed by atoms with E-state index in [0.717, 1.165) is 22.0 Å². The average molecular weight is 249 g/mol. The van der Waals surface area contributed by atoms with Crippen molar-refractivity contribution in [2.24, 2.45) is 0 Å². The van der Waals surface area contributed by atoms with Crippen molar-refractivity contribution >= 4 is 33.1 Å². The molecule has 0 unspecified atom stereocenters. The van der Waals surface area contributed by atoms with Gasteiger partial charge in [0.1, 0.15) is 0 Å². The summed E-state index contributed by atoms with van der Waals surface area (Å²) in [6, 6.07) is 16.7. The second-order valence-corrected chi connectivity index (χ2v) is 4.86. The van der Waals surface area contributed by atoms with Crippen molar-refractivity contribution in [1.29, 1.82) is 0 Å². The van der Waals surface area contributed by atoms with Gasteiger partial charge in [-0.15, -0.1) is 0 Å². The minimum Gasteiger partial charge on any atom is -0.326 e. The molecule has 3 aromatic carbocycles. The number of hydrogen-bond acceptors (Lipinski definition) is 1. The predicted molar refractivity (Wildman–Crippen MR) is 80.5 cm³/mol. The van der Waals surface area contributed by atoms with Gasteiger partial charge in [-0.1, -0.05) is 36.4 Å². The highest BCUT2D eigenvalue weighted by Crippen LogP contribution is 2.31. The molecular weight excluding hydrogens is 234 g/mol. The Morgan fingerprint density at radius 1 is 0.947 bits per heavy atom. The Bertz CT molecular complexity index is 790. The molecule has 0 bridgehead atoms. The molecular formula is C17H15NO. The molecule has 0 heterocycles. The van der Waals surface area contributed by atoms with Crippen molar-refractivity contribution in [3.63, 3.8) is 0 Å². The van der Waals surface area contributed by atoms with Crippen molar-refractivity contribution < 1.29 is 4.79 Å². The summed E-state index contributed by atoms with van der Waals surface area (Å²) in [7, 11) is 0. The number of aryl methyl sites for hydroxylation is 1. The summed E-state index contributed by atoms with van der Waals surface area (Å²) in [4.78, 5) is 11.4. The Hall–Kier alpha value is -2.35. The Morgan fingerprint density at radius 2 is 1.63 bits per heavy atom. The zero-order chi connectivity index (χ0) is 13.4. The Balaban J connectivity index is 2.37. The number of carbonyl (C=O) groups excluding carboxylic acids is 1. The van der Waals surface area contributed by atoms with Gasteiger partial charge in [0.15, 0.2) is 0 Å². The summed E-state index contributed by atoms with van der Waals surface area (Å²) in [5.41, 5.74) is 1.99. The smallest absolute Gasteiger partial charge is 0.221 e. The molecule has 2 nitrogen and oxygen atoms in total. The summed E-state index contributed by atoms with van der Waals surface area (Å²) in [5, 5.41) is 7.58. The molecule has 0 spiro atoms. The quantitative estimate of drug-likeness (QED) is 0.641. The molecule has 1 amide bonds. The average Bonchev–Trinajstić information content (AvgIpc) is 2.40. The lowest BCUT2D eigenvalue weighted by atomic mass is 10.00. The second kappa shape index (κ2) is 4.39. The van der Waals surface area contributed by atoms with Crippen LogP contribution in [0, 0.1) is 6.92 Å². The fourth-order valence-electron chi connectivity index (χ4n) is 2.46. The maximum Gasteiger partial charge on any atom is 0.221 e. The minimum absolute atomic E-state index is 0.0382. The molecule has 3 rings (SSSR count). The van der Waals surface area contributed by atoms with E-state index >= 15 is 0 Å². The lowest BCUT2D eigenvalue weighted by molar-refractivity contribution is -0.114. The zero-order valence-corrected chi connectivity index (χ0v) is 11.0. The fraction of sp³-hybridized carbons (Fsp3) is 0.118. The second-order valence-electron chi connectivity index (χ2n) is 4.86. The largest absolute Gasteiger partial charge is 0.326 e. The standard InChI is InChI=1S/C17H15NO/c1-11-7-8-15-9-13-5-3-4-6-14(13)10-16(15)17(11)18-12(2)19/h3-10H,1-2H3,(H,18,19). The highest BCUT2D eigenvalue weighted by Gasteiger charge is 2.07. The summed E-state index contributed by atoms with van der Waals surface area (Å²) in [6.45, 7) is 3.55. The van der Waals surface area contributed by atoms with Crippen LogP contribution in [0.4, 0.5) is 5.69 Å². The first kappa shape index (κ1) is 11.7. The van der Waals surface area contributed by atoms with E-state index in [9.17, 15) is 4.79 Å². The van der Waals surface area contributed by atoms with Crippen LogP contribution in [0.2, 0.25) is 0 Å². The van der Waals surface area contributed by atoms with E-state index in [-0.39, 0.29) is 5.91 Å². The summed E-state index contributed by atoms with van der Waals surface area (Å²) >= 11 is 0. The number of hydrogen-bond donors (Lipinski definition) is 1. The molecule has 0 saturated heterocycles. The molecule has 0 aliphatic carbocycles.